The van der Waals surface area contributed by atoms with E-state index < -0.39 is 11.7 Å². The molecule has 1 N–H and O–H groups in total. The van der Waals surface area contributed by atoms with Crippen molar-refractivity contribution >= 4 is 35.0 Å². The zero-order valence-corrected chi connectivity index (χ0v) is 10.5. The van der Waals surface area contributed by atoms with Crippen LogP contribution in [0.3, 0.4) is 0 Å². The number of hydrogen-bond acceptors (Lipinski definition) is 2. The molecule has 2 aromatic heterocycles. The Morgan fingerprint density at radius 2 is 2.11 bits per heavy atom. The standard InChI is InChI=1S/C10H7ClF3N3S/c11-5-3-6-7(15-4-5)17(8(18)16-6)9(1-2-9)10(12,13)14/h3-4H,1-2H2,(H,16,18). The Balaban J connectivity index is 2.31. The lowest BCUT2D eigenvalue weighted by Crippen LogP contribution is -2.35. The Bertz CT molecular complexity index is 684. The minimum Gasteiger partial charge on any atom is -0.329 e. The first-order valence-electron chi connectivity index (χ1n) is 5.19. The number of pyridine rings is 1. The van der Waals surface area contributed by atoms with Crippen LogP contribution in [0.4, 0.5) is 13.2 Å². The molecule has 2 aromatic rings. The minimum absolute atomic E-state index is 0.0228. The number of aromatic amines is 1. The summed E-state index contributed by atoms with van der Waals surface area (Å²) in [7, 11) is 0. The third kappa shape index (κ3) is 1.50. The van der Waals surface area contributed by atoms with Crippen molar-refractivity contribution in [1.29, 1.82) is 0 Å². The number of rotatable bonds is 1. The van der Waals surface area contributed by atoms with E-state index in [-0.39, 0.29) is 23.3 Å². The maximum Gasteiger partial charge on any atom is 0.412 e. The summed E-state index contributed by atoms with van der Waals surface area (Å²) >= 11 is 10.7. The molecule has 0 aliphatic heterocycles. The second-order valence-corrected chi connectivity index (χ2v) is 5.14. The predicted molar refractivity (Wildman–Crippen MR) is 63.2 cm³/mol. The molecule has 1 fully saturated rings. The van der Waals surface area contributed by atoms with Gasteiger partial charge in [0.1, 0.15) is 5.54 Å². The van der Waals surface area contributed by atoms with Gasteiger partial charge in [0.15, 0.2) is 10.4 Å². The van der Waals surface area contributed by atoms with Gasteiger partial charge in [-0.05, 0) is 31.1 Å². The Morgan fingerprint density at radius 1 is 1.44 bits per heavy atom. The number of hydrogen-bond donors (Lipinski definition) is 1. The molecule has 0 saturated heterocycles. The molecular formula is C10H7ClF3N3S. The van der Waals surface area contributed by atoms with Crippen LogP contribution >= 0.6 is 23.8 Å². The van der Waals surface area contributed by atoms with Gasteiger partial charge in [-0.15, -0.1) is 0 Å². The first-order chi connectivity index (χ1) is 8.35. The number of halogens is 4. The zero-order chi connectivity index (χ0) is 13.1. The molecule has 0 unspecified atom stereocenters. The highest BCUT2D eigenvalue weighted by Crippen LogP contribution is 2.56. The van der Waals surface area contributed by atoms with Crippen LogP contribution in [-0.2, 0) is 5.54 Å². The number of fused-ring (bicyclic) bond motifs is 1. The summed E-state index contributed by atoms with van der Waals surface area (Å²) in [6.07, 6.45) is -2.96. The Hall–Kier alpha value is -1.08. The van der Waals surface area contributed by atoms with Crippen LogP contribution in [0.15, 0.2) is 12.3 Å². The lowest BCUT2D eigenvalue weighted by molar-refractivity contribution is -0.179. The third-order valence-corrected chi connectivity index (χ3v) is 3.66. The van der Waals surface area contributed by atoms with Crippen molar-refractivity contribution in [3.63, 3.8) is 0 Å². The summed E-state index contributed by atoms with van der Waals surface area (Å²) in [5.74, 6) is 0. The van der Waals surface area contributed by atoms with Gasteiger partial charge >= 0.3 is 6.18 Å². The minimum atomic E-state index is -4.33. The predicted octanol–water partition coefficient (Wildman–Crippen LogP) is 3.80. The number of alkyl halides is 3. The largest absolute Gasteiger partial charge is 0.412 e. The Morgan fingerprint density at radius 3 is 2.67 bits per heavy atom. The average Bonchev–Trinajstić information content (AvgIpc) is 2.97. The molecule has 3 nitrogen and oxygen atoms in total. The number of nitrogens with one attached hydrogen (secondary N) is 1. The third-order valence-electron chi connectivity index (χ3n) is 3.17. The van der Waals surface area contributed by atoms with Crippen molar-refractivity contribution in [2.45, 2.75) is 24.6 Å². The lowest BCUT2D eigenvalue weighted by atomic mass is 10.2. The second-order valence-electron chi connectivity index (χ2n) is 4.32. The number of nitrogens with zero attached hydrogens (tertiary/aromatic N) is 2. The van der Waals surface area contributed by atoms with E-state index in [0.717, 1.165) is 4.57 Å². The fourth-order valence-electron chi connectivity index (χ4n) is 2.12. The van der Waals surface area contributed by atoms with Gasteiger partial charge in [-0.1, -0.05) is 11.6 Å². The van der Waals surface area contributed by atoms with Crippen LogP contribution in [0.5, 0.6) is 0 Å². The molecule has 8 heteroatoms. The quantitative estimate of drug-likeness (QED) is 0.812. The van der Waals surface area contributed by atoms with Crippen LogP contribution in [0.25, 0.3) is 11.2 Å². The molecule has 96 valence electrons. The van der Waals surface area contributed by atoms with Crippen LogP contribution in [0.2, 0.25) is 5.02 Å². The molecule has 1 saturated carbocycles. The van der Waals surface area contributed by atoms with E-state index in [0.29, 0.717) is 10.5 Å². The van der Waals surface area contributed by atoms with Crippen molar-refractivity contribution in [3.8, 4) is 0 Å². The molecule has 2 heterocycles. The van der Waals surface area contributed by atoms with Crippen molar-refractivity contribution in [3.05, 3.63) is 22.1 Å². The molecule has 0 atom stereocenters. The van der Waals surface area contributed by atoms with Crippen LogP contribution < -0.4 is 0 Å². The number of H-pyrrole nitrogens is 1. The molecule has 0 amide bonds. The van der Waals surface area contributed by atoms with Gasteiger partial charge in [0.25, 0.3) is 0 Å². The van der Waals surface area contributed by atoms with Gasteiger partial charge in [0.2, 0.25) is 0 Å². The Labute approximate surface area is 110 Å². The lowest BCUT2D eigenvalue weighted by Gasteiger charge is -2.21. The topological polar surface area (TPSA) is 33.6 Å². The van der Waals surface area contributed by atoms with Gasteiger partial charge in [0.05, 0.1) is 10.5 Å². The summed E-state index contributed by atoms with van der Waals surface area (Å²) < 4.78 is 40.4. The van der Waals surface area contributed by atoms with E-state index in [1.165, 1.54) is 12.3 Å². The molecule has 1 aliphatic carbocycles. The molecule has 18 heavy (non-hydrogen) atoms. The summed E-state index contributed by atoms with van der Waals surface area (Å²) in [5.41, 5.74) is -1.29. The zero-order valence-electron chi connectivity index (χ0n) is 8.88. The highest BCUT2D eigenvalue weighted by molar-refractivity contribution is 7.71. The highest BCUT2D eigenvalue weighted by Gasteiger charge is 2.65. The summed E-state index contributed by atoms with van der Waals surface area (Å²) in [4.78, 5) is 6.67. The average molecular weight is 294 g/mol. The van der Waals surface area contributed by atoms with Crippen LogP contribution in [0.1, 0.15) is 12.8 Å². The molecule has 0 radical (unpaired) electrons. The van der Waals surface area contributed by atoms with E-state index in [9.17, 15) is 13.2 Å². The molecule has 0 aromatic carbocycles. The van der Waals surface area contributed by atoms with Crippen molar-refractivity contribution in [2.75, 3.05) is 0 Å². The second kappa shape index (κ2) is 3.48. The van der Waals surface area contributed by atoms with Gasteiger partial charge in [-0.3, -0.25) is 4.57 Å². The maximum absolute atomic E-state index is 13.1. The van der Waals surface area contributed by atoms with Gasteiger partial charge in [-0.25, -0.2) is 4.98 Å². The van der Waals surface area contributed by atoms with E-state index in [1.807, 2.05) is 0 Å². The normalized spacial score (nSPS) is 18.2. The van der Waals surface area contributed by atoms with E-state index in [4.69, 9.17) is 23.8 Å². The van der Waals surface area contributed by atoms with E-state index >= 15 is 0 Å². The monoisotopic (exact) mass is 293 g/mol. The highest BCUT2D eigenvalue weighted by atomic mass is 35.5. The molecular weight excluding hydrogens is 287 g/mol. The van der Waals surface area contributed by atoms with Gasteiger partial charge in [0, 0.05) is 6.20 Å². The van der Waals surface area contributed by atoms with Crippen molar-refractivity contribution in [2.24, 2.45) is 0 Å². The molecule has 3 rings (SSSR count). The van der Waals surface area contributed by atoms with Gasteiger partial charge in [-0.2, -0.15) is 13.2 Å². The fraction of sp³-hybridized carbons (Fsp3) is 0.400. The smallest absolute Gasteiger partial charge is 0.329 e. The van der Waals surface area contributed by atoms with Crippen molar-refractivity contribution < 1.29 is 13.2 Å². The summed E-state index contributed by atoms with van der Waals surface area (Å²) in [6.45, 7) is 0. The maximum atomic E-state index is 13.1. The first-order valence-corrected chi connectivity index (χ1v) is 5.97. The summed E-state index contributed by atoms with van der Waals surface area (Å²) in [5, 5.41) is 0.350. The Kier molecular flexibility index (Phi) is 2.31. The van der Waals surface area contributed by atoms with E-state index in [2.05, 4.69) is 9.97 Å². The molecule has 0 bridgehead atoms. The SMILES string of the molecule is FC(F)(F)C1(n2c(=S)[nH]c3cc(Cl)cnc32)CC1. The molecule has 1 aliphatic rings. The number of imidazole rings is 1. The van der Waals surface area contributed by atoms with E-state index in [1.54, 1.807) is 0 Å². The fourth-order valence-corrected chi connectivity index (χ4v) is 2.65. The van der Waals surface area contributed by atoms with Gasteiger partial charge < -0.3 is 4.98 Å². The molecule has 0 spiro atoms. The van der Waals surface area contributed by atoms with Crippen LogP contribution in [0, 0.1) is 4.77 Å². The summed E-state index contributed by atoms with van der Waals surface area (Å²) in [6, 6.07) is 1.52. The van der Waals surface area contributed by atoms with Crippen molar-refractivity contribution in [1.82, 2.24) is 14.5 Å². The number of aromatic nitrogens is 3. The first kappa shape index (κ1) is 12.0. The van der Waals surface area contributed by atoms with Crippen LogP contribution in [-0.4, -0.2) is 20.7 Å².